The lowest BCUT2D eigenvalue weighted by molar-refractivity contribution is 0.138. The first-order valence-corrected chi connectivity index (χ1v) is 6.67. The Kier molecular flexibility index (Phi) is 2.42. The maximum atomic E-state index is 6.13. The zero-order chi connectivity index (χ0) is 11.9. The number of hydrogen-bond acceptors (Lipinski definition) is 2. The van der Waals surface area contributed by atoms with Gasteiger partial charge in [-0.1, -0.05) is 42.5 Å². The van der Waals surface area contributed by atoms with E-state index in [4.69, 9.17) is 9.31 Å². The molecule has 1 heterocycles. The number of allylic oxidation sites excluding steroid dienone is 4. The summed E-state index contributed by atoms with van der Waals surface area (Å²) in [6.07, 6.45) is 9.97. The predicted molar refractivity (Wildman–Crippen MR) is 71.1 cm³/mol. The van der Waals surface area contributed by atoms with E-state index >= 15 is 0 Å². The highest BCUT2D eigenvalue weighted by Crippen LogP contribution is 2.41. The molecule has 4 rings (SSSR count). The minimum Gasteiger partial charge on any atom is -0.401 e. The summed E-state index contributed by atoms with van der Waals surface area (Å²) < 4.78 is 12.2. The van der Waals surface area contributed by atoms with Crippen LogP contribution in [-0.4, -0.2) is 13.2 Å². The van der Waals surface area contributed by atoms with Gasteiger partial charge in [0.1, 0.15) is 0 Å². The SMILES string of the molecule is C1=CC(B2O[C@@H]3CCc4ccccc4[C@@H]3O2)=CC1. The fraction of sp³-hybridized carbons (Fsp3) is 0.333. The van der Waals surface area contributed by atoms with E-state index in [1.54, 1.807) is 0 Å². The zero-order valence-corrected chi connectivity index (χ0v) is 10.2. The first-order valence-electron chi connectivity index (χ1n) is 6.67. The lowest BCUT2D eigenvalue weighted by Gasteiger charge is -2.26. The van der Waals surface area contributed by atoms with E-state index in [9.17, 15) is 0 Å². The molecular formula is C15H15BO2. The number of rotatable bonds is 1. The molecule has 3 heteroatoms. The number of aryl methyl sites for hydroxylation is 1. The van der Waals surface area contributed by atoms with E-state index in [1.807, 2.05) is 0 Å². The Hall–Kier alpha value is -1.32. The molecule has 3 aliphatic rings. The quantitative estimate of drug-likeness (QED) is 0.700. The lowest BCUT2D eigenvalue weighted by Crippen LogP contribution is -2.22. The van der Waals surface area contributed by atoms with Gasteiger partial charge in [-0.2, -0.15) is 0 Å². The Bertz CT molecular complexity index is 535. The second-order valence-corrected chi connectivity index (χ2v) is 5.14. The molecule has 2 atom stereocenters. The standard InChI is InChI=1S/C15H15BO2/c1-4-8-13-11(5-1)9-10-14-15(13)18-16(17-14)12-6-2-3-7-12/h1-2,4-8,14-15H,3,9-10H2/t14-,15+/m1/s1. The minimum atomic E-state index is -0.162. The van der Waals surface area contributed by atoms with E-state index in [0.29, 0.717) is 0 Å². The van der Waals surface area contributed by atoms with Crippen LogP contribution in [0.3, 0.4) is 0 Å². The van der Waals surface area contributed by atoms with E-state index < -0.39 is 0 Å². The van der Waals surface area contributed by atoms with Gasteiger partial charge < -0.3 is 9.31 Å². The van der Waals surface area contributed by atoms with Crippen molar-refractivity contribution in [3.63, 3.8) is 0 Å². The Labute approximate surface area is 107 Å². The number of fused-ring (bicyclic) bond motifs is 3. The summed E-state index contributed by atoms with van der Waals surface area (Å²) in [6.45, 7) is 0. The lowest BCUT2D eigenvalue weighted by atomic mass is 9.79. The minimum absolute atomic E-state index is 0.120. The molecule has 1 aromatic rings. The van der Waals surface area contributed by atoms with Gasteiger partial charge in [0.25, 0.3) is 0 Å². The van der Waals surface area contributed by atoms with Gasteiger partial charge in [-0.3, -0.25) is 0 Å². The normalized spacial score (nSPS) is 29.1. The molecule has 0 radical (unpaired) electrons. The maximum Gasteiger partial charge on any atom is 0.494 e. The van der Waals surface area contributed by atoms with Gasteiger partial charge in [0.2, 0.25) is 0 Å². The van der Waals surface area contributed by atoms with Crippen molar-refractivity contribution in [1.29, 1.82) is 0 Å². The van der Waals surface area contributed by atoms with Crippen molar-refractivity contribution in [1.82, 2.24) is 0 Å². The Morgan fingerprint density at radius 2 is 2.11 bits per heavy atom. The van der Waals surface area contributed by atoms with Crippen LogP contribution in [0.2, 0.25) is 0 Å². The van der Waals surface area contributed by atoms with Gasteiger partial charge in [0, 0.05) is 0 Å². The molecule has 18 heavy (non-hydrogen) atoms. The Morgan fingerprint density at radius 1 is 1.17 bits per heavy atom. The van der Waals surface area contributed by atoms with Crippen LogP contribution in [0.25, 0.3) is 0 Å². The third-order valence-electron chi connectivity index (χ3n) is 4.04. The van der Waals surface area contributed by atoms with Gasteiger partial charge in [-0.15, -0.1) is 0 Å². The van der Waals surface area contributed by atoms with Crippen LogP contribution in [0.5, 0.6) is 0 Å². The highest BCUT2D eigenvalue weighted by Gasteiger charge is 2.44. The average Bonchev–Trinajstić information content (AvgIpc) is 3.07. The largest absolute Gasteiger partial charge is 0.494 e. The second kappa shape index (κ2) is 4.11. The molecular weight excluding hydrogens is 223 g/mol. The van der Waals surface area contributed by atoms with Gasteiger partial charge in [-0.25, -0.2) is 0 Å². The van der Waals surface area contributed by atoms with Gasteiger partial charge in [-0.05, 0) is 35.9 Å². The highest BCUT2D eigenvalue weighted by atomic mass is 16.7. The third kappa shape index (κ3) is 1.58. The molecule has 1 aliphatic heterocycles. The smallest absolute Gasteiger partial charge is 0.401 e. The summed E-state index contributed by atoms with van der Waals surface area (Å²) in [5.74, 6) is 0. The fourth-order valence-corrected chi connectivity index (χ4v) is 3.12. The van der Waals surface area contributed by atoms with Crippen molar-refractivity contribution in [3.8, 4) is 0 Å². The van der Waals surface area contributed by atoms with Crippen molar-refractivity contribution in [3.05, 3.63) is 59.1 Å². The highest BCUT2D eigenvalue weighted by molar-refractivity contribution is 6.55. The molecule has 0 saturated carbocycles. The molecule has 90 valence electrons. The zero-order valence-electron chi connectivity index (χ0n) is 10.2. The molecule has 0 N–H and O–H groups in total. The average molecular weight is 238 g/mol. The Balaban J connectivity index is 1.64. The predicted octanol–water partition coefficient (Wildman–Crippen LogP) is 3.00. The summed E-state index contributed by atoms with van der Waals surface area (Å²) >= 11 is 0. The van der Waals surface area contributed by atoms with Crippen molar-refractivity contribution in [2.45, 2.75) is 31.5 Å². The number of benzene rings is 1. The van der Waals surface area contributed by atoms with Crippen LogP contribution in [0.1, 0.15) is 30.1 Å². The van der Waals surface area contributed by atoms with Crippen LogP contribution < -0.4 is 0 Å². The van der Waals surface area contributed by atoms with Gasteiger partial charge in [0.15, 0.2) is 0 Å². The van der Waals surface area contributed by atoms with Crippen molar-refractivity contribution in [2.24, 2.45) is 0 Å². The van der Waals surface area contributed by atoms with Crippen LogP contribution in [0, 0.1) is 0 Å². The molecule has 2 aliphatic carbocycles. The van der Waals surface area contributed by atoms with Crippen LogP contribution in [-0.2, 0) is 15.7 Å². The van der Waals surface area contributed by atoms with E-state index in [1.165, 1.54) is 16.6 Å². The third-order valence-corrected chi connectivity index (χ3v) is 4.04. The van der Waals surface area contributed by atoms with Gasteiger partial charge in [0.05, 0.1) is 12.2 Å². The molecule has 0 aromatic heterocycles. The summed E-state index contributed by atoms with van der Waals surface area (Å²) in [7, 11) is -0.162. The van der Waals surface area contributed by atoms with Crippen LogP contribution in [0.15, 0.2) is 48.0 Å². The number of hydrogen-bond donors (Lipinski definition) is 0. The second-order valence-electron chi connectivity index (χ2n) is 5.14. The van der Waals surface area contributed by atoms with E-state index in [0.717, 1.165) is 19.3 Å². The van der Waals surface area contributed by atoms with Crippen molar-refractivity contribution >= 4 is 7.12 Å². The fourth-order valence-electron chi connectivity index (χ4n) is 3.12. The van der Waals surface area contributed by atoms with Gasteiger partial charge >= 0.3 is 7.12 Å². The molecule has 1 fully saturated rings. The first kappa shape index (κ1) is 10.6. The summed E-state index contributed by atoms with van der Waals surface area (Å²) in [5.41, 5.74) is 3.92. The van der Waals surface area contributed by atoms with Crippen LogP contribution >= 0.6 is 0 Å². The molecule has 1 saturated heterocycles. The maximum absolute atomic E-state index is 6.13. The van der Waals surface area contributed by atoms with E-state index in [-0.39, 0.29) is 19.3 Å². The van der Waals surface area contributed by atoms with Crippen LogP contribution in [0.4, 0.5) is 0 Å². The molecule has 1 aromatic carbocycles. The molecule has 0 amide bonds. The van der Waals surface area contributed by atoms with E-state index in [2.05, 4.69) is 42.5 Å². The summed E-state index contributed by atoms with van der Waals surface area (Å²) in [6, 6.07) is 8.58. The Morgan fingerprint density at radius 3 is 3.00 bits per heavy atom. The monoisotopic (exact) mass is 238 g/mol. The molecule has 0 bridgehead atoms. The topological polar surface area (TPSA) is 18.5 Å². The summed E-state index contributed by atoms with van der Waals surface area (Å²) in [5, 5.41) is 0. The molecule has 2 nitrogen and oxygen atoms in total. The molecule has 0 unspecified atom stereocenters. The molecule has 0 spiro atoms. The van der Waals surface area contributed by atoms with Crippen molar-refractivity contribution in [2.75, 3.05) is 0 Å². The van der Waals surface area contributed by atoms with Crippen molar-refractivity contribution < 1.29 is 9.31 Å². The summed E-state index contributed by atoms with van der Waals surface area (Å²) in [4.78, 5) is 0. The first-order chi connectivity index (χ1) is 8.92.